The molecule has 0 fully saturated rings. The molecule has 122 valence electrons. The molecule has 2 rings (SSSR count). The van der Waals surface area contributed by atoms with Gasteiger partial charge in [0.1, 0.15) is 0 Å². The molecule has 3 nitrogen and oxygen atoms in total. The molecule has 1 aromatic carbocycles. The fraction of sp³-hybridized carbons (Fsp3) is 0.632. The second-order valence-electron chi connectivity index (χ2n) is 6.32. The van der Waals surface area contributed by atoms with Crippen molar-refractivity contribution in [3.63, 3.8) is 0 Å². The number of nitrogens with zero attached hydrogens (tertiary/aromatic N) is 1. The fourth-order valence-electron chi connectivity index (χ4n) is 3.75. The summed E-state index contributed by atoms with van der Waals surface area (Å²) in [6, 6.07) is 6.50. The number of nitrogens with two attached hydrogens (primary N) is 1. The van der Waals surface area contributed by atoms with Crippen molar-refractivity contribution in [2.24, 2.45) is 5.73 Å². The van der Waals surface area contributed by atoms with E-state index in [9.17, 15) is 4.79 Å². The topological polar surface area (TPSA) is 46.3 Å². The lowest BCUT2D eigenvalue weighted by atomic mass is 9.80. The van der Waals surface area contributed by atoms with Crippen molar-refractivity contribution in [3.8, 4) is 0 Å². The van der Waals surface area contributed by atoms with Crippen LogP contribution in [-0.2, 0) is 6.42 Å². The first-order valence-corrected chi connectivity index (χ1v) is 8.78. The molecule has 0 heterocycles. The minimum absolute atomic E-state index is 0.0199. The molecule has 0 bridgehead atoms. The summed E-state index contributed by atoms with van der Waals surface area (Å²) in [6.45, 7) is 8.59. The Balaban J connectivity index is 2.30. The van der Waals surface area contributed by atoms with Gasteiger partial charge in [-0.25, -0.2) is 0 Å². The van der Waals surface area contributed by atoms with E-state index in [1.165, 1.54) is 11.1 Å². The normalized spacial score (nSPS) is 21.0. The molecule has 2 unspecified atom stereocenters. The highest BCUT2D eigenvalue weighted by Crippen LogP contribution is 2.34. The van der Waals surface area contributed by atoms with Crippen LogP contribution in [0, 0.1) is 0 Å². The van der Waals surface area contributed by atoms with Gasteiger partial charge in [0.15, 0.2) is 5.78 Å². The van der Waals surface area contributed by atoms with Crippen LogP contribution in [0.15, 0.2) is 18.2 Å². The van der Waals surface area contributed by atoms with E-state index in [4.69, 9.17) is 5.73 Å². The first-order chi connectivity index (χ1) is 10.6. The van der Waals surface area contributed by atoms with Gasteiger partial charge in [-0.1, -0.05) is 39.0 Å². The summed E-state index contributed by atoms with van der Waals surface area (Å²) >= 11 is 0. The van der Waals surface area contributed by atoms with Crippen LogP contribution in [0.1, 0.15) is 74.0 Å². The van der Waals surface area contributed by atoms with Crippen molar-refractivity contribution in [2.45, 2.75) is 65.0 Å². The van der Waals surface area contributed by atoms with Crippen LogP contribution in [0.4, 0.5) is 0 Å². The second kappa shape index (κ2) is 7.89. The smallest absolute Gasteiger partial charge is 0.162 e. The summed E-state index contributed by atoms with van der Waals surface area (Å²) in [4.78, 5) is 14.7. The van der Waals surface area contributed by atoms with Crippen LogP contribution in [0.2, 0.25) is 0 Å². The van der Waals surface area contributed by atoms with Crippen LogP contribution >= 0.6 is 0 Å². The van der Waals surface area contributed by atoms with Gasteiger partial charge in [-0.3, -0.25) is 9.69 Å². The monoisotopic (exact) mass is 302 g/mol. The number of carbonyl (C=O) groups excluding carboxylic acids is 1. The van der Waals surface area contributed by atoms with Crippen molar-refractivity contribution in [2.75, 3.05) is 13.1 Å². The minimum atomic E-state index is 0.0199. The summed E-state index contributed by atoms with van der Waals surface area (Å²) < 4.78 is 0. The van der Waals surface area contributed by atoms with Crippen LogP contribution < -0.4 is 5.73 Å². The van der Waals surface area contributed by atoms with E-state index in [1.807, 2.05) is 19.1 Å². The molecule has 3 heteroatoms. The standard InChI is InChI=1S/C19H30N2O/c1-4-12-21(13-5-2)17-11-10-14-15(18(22)6-3)8-7-9-16(14)19(17)20/h7-9,17,19H,4-6,10-13,20H2,1-3H3. The lowest BCUT2D eigenvalue weighted by Gasteiger charge is -2.39. The third-order valence-electron chi connectivity index (χ3n) is 4.79. The molecule has 0 saturated carbocycles. The zero-order chi connectivity index (χ0) is 16.1. The fourth-order valence-corrected chi connectivity index (χ4v) is 3.75. The highest BCUT2D eigenvalue weighted by atomic mass is 16.1. The first kappa shape index (κ1) is 17.2. The van der Waals surface area contributed by atoms with E-state index in [0.29, 0.717) is 12.5 Å². The molecule has 1 aliphatic carbocycles. The molecule has 0 saturated heterocycles. The second-order valence-corrected chi connectivity index (χ2v) is 6.32. The number of ketones is 1. The summed E-state index contributed by atoms with van der Waals surface area (Å²) in [5, 5.41) is 0. The molecule has 0 amide bonds. The Morgan fingerprint density at radius 3 is 2.50 bits per heavy atom. The Bertz CT molecular complexity index is 506. The number of fused-ring (bicyclic) bond motifs is 1. The molecule has 0 spiro atoms. The average Bonchev–Trinajstić information content (AvgIpc) is 2.54. The van der Waals surface area contributed by atoms with Gasteiger partial charge < -0.3 is 5.73 Å². The van der Waals surface area contributed by atoms with Crippen molar-refractivity contribution in [1.29, 1.82) is 0 Å². The van der Waals surface area contributed by atoms with E-state index in [1.54, 1.807) is 0 Å². The predicted molar refractivity (Wildman–Crippen MR) is 92.3 cm³/mol. The van der Waals surface area contributed by atoms with Crippen molar-refractivity contribution in [3.05, 3.63) is 34.9 Å². The molecule has 22 heavy (non-hydrogen) atoms. The molecule has 0 aromatic heterocycles. The predicted octanol–water partition coefficient (Wildman–Crippen LogP) is 3.72. The third kappa shape index (κ3) is 3.41. The van der Waals surface area contributed by atoms with Gasteiger partial charge in [0.2, 0.25) is 0 Å². The van der Waals surface area contributed by atoms with Crippen LogP contribution in [0.3, 0.4) is 0 Å². The van der Waals surface area contributed by atoms with Crippen molar-refractivity contribution >= 4 is 5.78 Å². The molecular weight excluding hydrogens is 272 g/mol. The Kier molecular flexibility index (Phi) is 6.16. The van der Waals surface area contributed by atoms with Gasteiger partial charge in [0.05, 0.1) is 0 Å². The maximum absolute atomic E-state index is 12.2. The van der Waals surface area contributed by atoms with Crippen molar-refractivity contribution in [1.82, 2.24) is 4.90 Å². The van der Waals surface area contributed by atoms with Crippen LogP contribution in [0.5, 0.6) is 0 Å². The van der Waals surface area contributed by atoms with Gasteiger partial charge in [-0.05, 0) is 49.9 Å². The number of hydrogen-bond acceptors (Lipinski definition) is 3. The SMILES string of the molecule is CCCN(CCC)C1CCc2c(C(=O)CC)cccc2C1N. The highest BCUT2D eigenvalue weighted by Gasteiger charge is 2.32. The van der Waals surface area contributed by atoms with Gasteiger partial charge in [-0.2, -0.15) is 0 Å². The van der Waals surface area contributed by atoms with Gasteiger partial charge in [0.25, 0.3) is 0 Å². The number of carbonyl (C=O) groups is 1. The summed E-state index contributed by atoms with van der Waals surface area (Å²) in [5.74, 6) is 0.237. The quantitative estimate of drug-likeness (QED) is 0.781. The van der Waals surface area contributed by atoms with Crippen molar-refractivity contribution < 1.29 is 4.79 Å². The van der Waals surface area contributed by atoms with E-state index < -0.39 is 0 Å². The molecular formula is C19H30N2O. The van der Waals surface area contributed by atoms with Crippen LogP contribution in [0.25, 0.3) is 0 Å². The number of Topliss-reactive ketones (excluding diaryl/α,β-unsaturated/α-hetero) is 1. The van der Waals surface area contributed by atoms with E-state index in [-0.39, 0.29) is 11.8 Å². The molecule has 0 radical (unpaired) electrons. The summed E-state index contributed by atoms with van der Waals surface area (Å²) in [5.41, 5.74) is 9.89. The Morgan fingerprint density at radius 2 is 1.91 bits per heavy atom. The molecule has 1 aromatic rings. The third-order valence-corrected chi connectivity index (χ3v) is 4.79. The maximum atomic E-state index is 12.2. The number of rotatable bonds is 7. The Labute approximate surface area is 134 Å². The first-order valence-electron chi connectivity index (χ1n) is 8.78. The summed E-state index contributed by atoms with van der Waals surface area (Å²) in [7, 11) is 0. The largest absolute Gasteiger partial charge is 0.323 e. The lowest BCUT2D eigenvalue weighted by molar-refractivity contribution is 0.0985. The molecule has 0 aliphatic heterocycles. The molecule has 1 aliphatic rings. The van der Waals surface area contributed by atoms with Gasteiger partial charge >= 0.3 is 0 Å². The maximum Gasteiger partial charge on any atom is 0.162 e. The van der Waals surface area contributed by atoms with Gasteiger partial charge in [-0.15, -0.1) is 0 Å². The zero-order valence-corrected chi connectivity index (χ0v) is 14.3. The molecule has 2 N–H and O–H groups in total. The number of hydrogen-bond donors (Lipinski definition) is 1. The Hall–Kier alpha value is -1.19. The summed E-state index contributed by atoms with van der Waals surface area (Å²) in [6.07, 6.45) is 4.91. The van der Waals surface area contributed by atoms with E-state index >= 15 is 0 Å². The minimum Gasteiger partial charge on any atom is -0.323 e. The average molecular weight is 302 g/mol. The van der Waals surface area contributed by atoms with E-state index in [2.05, 4.69) is 24.8 Å². The van der Waals surface area contributed by atoms with Crippen LogP contribution in [-0.4, -0.2) is 29.8 Å². The molecule has 2 atom stereocenters. The zero-order valence-electron chi connectivity index (χ0n) is 14.3. The van der Waals surface area contributed by atoms with E-state index in [0.717, 1.165) is 44.3 Å². The number of benzene rings is 1. The highest BCUT2D eigenvalue weighted by molar-refractivity contribution is 5.97. The van der Waals surface area contributed by atoms with Gasteiger partial charge in [0, 0.05) is 24.1 Å². The lowest BCUT2D eigenvalue weighted by Crippen LogP contribution is -2.46. The Morgan fingerprint density at radius 1 is 1.23 bits per heavy atom.